The summed E-state index contributed by atoms with van der Waals surface area (Å²) in [6, 6.07) is 6.75. The highest BCUT2D eigenvalue weighted by atomic mass is 32.2. The summed E-state index contributed by atoms with van der Waals surface area (Å²) in [5, 5.41) is 1.14. The molecule has 1 aromatic carbocycles. The second kappa shape index (κ2) is 5.53. The summed E-state index contributed by atoms with van der Waals surface area (Å²) in [5.74, 6) is 5.44. The molecule has 0 aromatic heterocycles. The molecule has 16 heavy (non-hydrogen) atoms. The van der Waals surface area contributed by atoms with Crippen LogP contribution in [0.2, 0.25) is 0 Å². The Morgan fingerprint density at radius 1 is 1.25 bits per heavy atom. The summed E-state index contributed by atoms with van der Waals surface area (Å²) in [5.41, 5.74) is 1.04. The fraction of sp³-hybridized carbons (Fsp3) is 0.231. The van der Waals surface area contributed by atoms with Crippen LogP contribution in [0.15, 0.2) is 40.6 Å². The first-order chi connectivity index (χ1) is 7.56. The second-order valence-electron chi connectivity index (χ2n) is 3.34. The molecule has 0 aliphatic rings. The fourth-order valence-corrected chi connectivity index (χ4v) is 2.01. The van der Waals surface area contributed by atoms with Crippen LogP contribution >= 0.6 is 0 Å². The van der Waals surface area contributed by atoms with Gasteiger partial charge in [0.25, 0.3) is 0 Å². The van der Waals surface area contributed by atoms with Gasteiger partial charge in [-0.25, -0.2) is 8.42 Å². The Morgan fingerprint density at radius 3 is 2.44 bits per heavy atom. The van der Waals surface area contributed by atoms with Gasteiger partial charge in [-0.05, 0) is 25.1 Å². The maximum Gasteiger partial charge on any atom is 0.200 e. The molecular formula is C13H14O2S. The number of aryl methyl sites for hydroxylation is 1. The lowest BCUT2D eigenvalue weighted by atomic mass is 10.2. The maximum atomic E-state index is 11.8. The predicted molar refractivity (Wildman–Crippen MR) is 65.6 cm³/mol. The van der Waals surface area contributed by atoms with E-state index in [1.54, 1.807) is 24.3 Å². The van der Waals surface area contributed by atoms with Gasteiger partial charge in [0.2, 0.25) is 0 Å². The number of benzene rings is 1. The average Bonchev–Trinajstić information content (AvgIpc) is 2.25. The van der Waals surface area contributed by atoms with Crippen molar-refractivity contribution in [3.63, 3.8) is 0 Å². The molecule has 0 fully saturated rings. The van der Waals surface area contributed by atoms with Gasteiger partial charge in [-0.15, -0.1) is 0 Å². The van der Waals surface area contributed by atoms with Crippen LogP contribution in [0.3, 0.4) is 0 Å². The van der Waals surface area contributed by atoms with Crippen molar-refractivity contribution >= 4 is 9.84 Å². The Labute approximate surface area is 96.9 Å². The van der Waals surface area contributed by atoms with Crippen LogP contribution in [0, 0.1) is 18.8 Å². The van der Waals surface area contributed by atoms with Crippen molar-refractivity contribution in [1.29, 1.82) is 0 Å². The molecule has 0 aliphatic carbocycles. The van der Waals surface area contributed by atoms with Gasteiger partial charge in [-0.3, -0.25) is 0 Å². The molecular weight excluding hydrogens is 220 g/mol. The van der Waals surface area contributed by atoms with Crippen molar-refractivity contribution in [3.05, 3.63) is 41.3 Å². The van der Waals surface area contributed by atoms with Crippen molar-refractivity contribution in [3.8, 4) is 11.8 Å². The molecule has 0 heterocycles. The molecule has 84 valence electrons. The number of rotatable bonds is 2. The normalized spacial score (nSPS) is 11.1. The van der Waals surface area contributed by atoms with Crippen LogP contribution in [0.1, 0.15) is 18.9 Å². The van der Waals surface area contributed by atoms with E-state index in [2.05, 4.69) is 11.8 Å². The van der Waals surface area contributed by atoms with Crippen LogP contribution in [0.25, 0.3) is 0 Å². The minimum atomic E-state index is -3.34. The van der Waals surface area contributed by atoms with Crippen LogP contribution in [-0.2, 0) is 9.84 Å². The van der Waals surface area contributed by atoms with E-state index in [1.807, 2.05) is 13.8 Å². The minimum absolute atomic E-state index is 0.299. The van der Waals surface area contributed by atoms with E-state index >= 15 is 0 Å². The Balaban J connectivity index is 2.94. The zero-order valence-corrected chi connectivity index (χ0v) is 10.2. The van der Waals surface area contributed by atoms with Crippen LogP contribution < -0.4 is 0 Å². The first-order valence-corrected chi connectivity index (χ1v) is 6.57. The first kappa shape index (κ1) is 12.5. The van der Waals surface area contributed by atoms with E-state index in [9.17, 15) is 8.42 Å². The zero-order valence-electron chi connectivity index (χ0n) is 9.40. The third-order valence-electron chi connectivity index (χ3n) is 1.96. The molecule has 0 N–H and O–H groups in total. The quantitative estimate of drug-likeness (QED) is 0.737. The summed E-state index contributed by atoms with van der Waals surface area (Å²) < 4.78 is 23.5. The lowest BCUT2D eigenvalue weighted by Crippen LogP contribution is -1.95. The third kappa shape index (κ3) is 3.56. The van der Waals surface area contributed by atoms with Crippen LogP contribution in [-0.4, -0.2) is 8.42 Å². The summed E-state index contributed by atoms with van der Waals surface area (Å²) in [4.78, 5) is 0.299. The molecule has 0 amide bonds. The molecule has 0 aliphatic heterocycles. The van der Waals surface area contributed by atoms with Gasteiger partial charge < -0.3 is 0 Å². The van der Waals surface area contributed by atoms with Crippen LogP contribution in [0.4, 0.5) is 0 Å². The highest BCUT2D eigenvalue weighted by Gasteiger charge is 2.08. The van der Waals surface area contributed by atoms with Crippen molar-refractivity contribution in [1.82, 2.24) is 0 Å². The largest absolute Gasteiger partial charge is 0.219 e. The van der Waals surface area contributed by atoms with E-state index in [0.29, 0.717) is 4.90 Å². The number of hydrogen-bond donors (Lipinski definition) is 0. The van der Waals surface area contributed by atoms with Crippen molar-refractivity contribution in [2.45, 2.75) is 25.2 Å². The Kier molecular flexibility index (Phi) is 4.33. The van der Waals surface area contributed by atoms with Crippen molar-refractivity contribution < 1.29 is 8.42 Å². The topological polar surface area (TPSA) is 34.1 Å². The number of sulfone groups is 1. The van der Waals surface area contributed by atoms with E-state index in [1.165, 1.54) is 6.08 Å². The maximum absolute atomic E-state index is 11.8. The molecule has 2 nitrogen and oxygen atoms in total. The van der Waals surface area contributed by atoms with E-state index in [-0.39, 0.29) is 0 Å². The Morgan fingerprint density at radius 2 is 1.88 bits per heavy atom. The Bertz CT molecular complexity index is 526. The zero-order chi connectivity index (χ0) is 12.0. The molecule has 0 atom stereocenters. The van der Waals surface area contributed by atoms with E-state index < -0.39 is 9.84 Å². The summed E-state index contributed by atoms with van der Waals surface area (Å²) >= 11 is 0. The monoisotopic (exact) mass is 234 g/mol. The molecule has 1 rings (SSSR count). The van der Waals surface area contributed by atoms with Gasteiger partial charge in [0, 0.05) is 11.8 Å². The molecule has 0 unspecified atom stereocenters. The molecule has 0 saturated carbocycles. The lowest BCUT2D eigenvalue weighted by molar-refractivity contribution is 0.604. The van der Waals surface area contributed by atoms with Crippen molar-refractivity contribution in [2.75, 3.05) is 0 Å². The highest BCUT2D eigenvalue weighted by molar-refractivity contribution is 7.94. The van der Waals surface area contributed by atoms with Gasteiger partial charge in [-0.2, -0.15) is 0 Å². The molecule has 0 radical (unpaired) electrons. The average molecular weight is 234 g/mol. The van der Waals surface area contributed by atoms with Gasteiger partial charge in [0.05, 0.1) is 4.90 Å². The van der Waals surface area contributed by atoms with Gasteiger partial charge in [-0.1, -0.05) is 36.5 Å². The molecule has 0 bridgehead atoms. The van der Waals surface area contributed by atoms with Gasteiger partial charge >= 0.3 is 0 Å². The van der Waals surface area contributed by atoms with Gasteiger partial charge in [0.15, 0.2) is 9.84 Å². The van der Waals surface area contributed by atoms with E-state index in [4.69, 9.17) is 0 Å². The molecule has 0 saturated heterocycles. The second-order valence-corrected chi connectivity index (χ2v) is 5.17. The van der Waals surface area contributed by atoms with Crippen LogP contribution in [0.5, 0.6) is 0 Å². The molecule has 3 heteroatoms. The summed E-state index contributed by atoms with van der Waals surface area (Å²) in [7, 11) is -3.34. The van der Waals surface area contributed by atoms with E-state index in [0.717, 1.165) is 17.4 Å². The summed E-state index contributed by atoms with van der Waals surface area (Å²) in [6.07, 6.45) is 2.09. The SMILES string of the molecule is CCC#C/C=C/S(=O)(=O)c1ccc(C)cc1. The molecule has 0 spiro atoms. The Hall–Kier alpha value is -1.53. The minimum Gasteiger partial charge on any atom is -0.219 e. The standard InChI is InChI=1S/C13H14O2S/c1-3-4-5-6-11-16(14,15)13-9-7-12(2)8-10-13/h6-11H,3H2,1-2H3/b11-6+. The molecule has 1 aromatic rings. The van der Waals surface area contributed by atoms with Gasteiger partial charge in [0.1, 0.15) is 0 Å². The third-order valence-corrected chi connectivity index (χ3v) is 3.38. The first-order valence-electron chi connectivity index (χ1n) is 5.03. The predicted octanol–water partition coefficient (Wildman–Crippen LogP) is 2.70. The highest BCUT2D eigenvalue weighted by Crippen LogP contribution is 2.12. The smallest absolute Gasteiger partial charge is 0.200 e. The summed E-state index contributed by atoms with van der Waals surface area (Å²) in [6.45, 7) is 3.83. The van der Waals surface area contributed by atoms with Crippen molar-refractivity contribution in [2.24, 2.45) is 0 Å². The lowest BCUT2D eigenvalue weighted by Gasteiger charge is -1.98. The number of hydrogen-bond acceptors (Lipinski definition) is 2. The number of allylic oxidation sites excluding steroid dienone is 1. The fourth-order valence-electron chi connectivity index (χ4n) is 1.09.